The summed E-state index contributed by atoms with van der Waals surface area (Å²) in [5.41, 5.74) is 1.15. The molecular weight excluding hydrogens is 374 g/mol. The third kappa shape index (κ3) is 3.91. The van der Waals surface area contributed by atoms with Gasteiger partial charge in [-0.1, -0.05) is 12.1 Å². The maximum Gasteiger partial charge on any atom is 0.257 e. The molecule has 1 fully saturated rings. The number of likely N-dealkylation sites (tertiary alicyclic amines) is 1. The first kappa shape index (κ1) is 19.0. The van der Waals surface area contributed by atoms with Gasteiger partial charge in [0.15, 0.2) is 11.5 Å². The van der Waals surface area contributed by atoms with Crippen LogP contribution in [0, 0.1) is 6.92 Å². The van der Waals surface area contributed by atoms with Crippen LogP contribution < -0.4 is 9.47 Å². The first-order chi connectivity index (χ1) is 13.7. The second-order valence-electron chi connectivity index (χ2n) is 7.06. The van der Waals surface area contributed by atoms with Crippen molar-refractivity contribution >= 4 is 11.3 Å². The molecule has 3 heterocycles. The molecule has 1 aromatic carbocycles. The third-order valence-corrected chi connectivity index (χ3v) is 6.20. The number of thiophene rings is 1. The Morgan fingerprint density at radius 3 is 2.61 bits per heavy atom. The van der Waals surface area contributed by atoms with Crippen LogP contribution in [0.1, 0.15) is 35.1 Å². The highest BCUT2D eigenvalue weighted by atomic mass is 32.1. The lowest BCUT2D eigenvalue weighted by atomic mass is 9.96. The fourth-order valence-corrected chi connectivity index (χ4v) is 4.49. The molecule has 0 bridgehead atoms. The average molecular weight is 400 g/mol. The minimum absolute atomic E-state index is 0.325. The molecule has 0 unspecified atom stereocenters. The van der Waals surface area contributed by atoms with E-state index in [1.54, 1.807) is 25.6 Å². The van der Waals surface area contributed by atoms with E-state index in [0.717, 1.165) is 60.3 Å². The van der Waals surface area contributed by atoms with Crippen LogP contribution in [-0.4, -0.2) is 42.4 Å². The third-order valence-electron chi connectivity index (χ3n) is 5.21. The molecule has 3 aromatic rings. The first-order valence-corrected chi connectivity index (χ1v) is 10.3. The summed E-state index contributed by atoms with van der Waals surface area (Å²) in [6.07, 6.45) is 2.02. The van der Waals surface area contributed by atoms with Gasteiger partial charge >= 0.3 is 0 Å². The van der Waals surface area contributed by atoms with Crippen LogP contribution in [0.4, 0.5) is 0 Å². The lowest BCUT2D eigenvalue weighted by molar-refractivity contribution is 0.191. The van der Waals surface area contributed by atoms with Gasteiger partial charge < -0.3 is 13.9 Å². The van der Waals surface area contributed by atoms with Gasteiger partial charge in [-0.2, -0.15) is 0 Å². The molecule has 28 heavy (non-hydrogen) atoms. The van der Waals surface area contributed by atoms with E-state index in [0.29, 0.717) is 11.8 Å². The van der Waals surface area contributed by atoms with Gasteiger partial charge in [0, 0.05) is 22.9 Å². The number of piperidine rings is 1. The van der Waals surface area contributed by atoms with Gasteiger partial charge in [-0.15, -0.1) is 21.5 Å². The molecule has 0 radical (unpaired) electrons. The molecule has 148 valence electrons. The van der Waals surface area contributed by atoms with E-state index in [9.17, 15) is 0 Å². The Kier molecular flexibility index (Phi) is 5.64. The molecule has 0 N–H and O–H groups in total. The lowest BCUT2D eigenvalue weighted by Gasteiger charge is -2.30. The van der Waals surface area contributed by atoms with E-state index in [4.69, 9.17) is 13.9 Å². The Morgan fingerprint density at radius 1 is 1.11 bits per heavy atom. The van der Waals surface area contributed by atoms with Gasteiger partial charge in [0.1, 0.15) is 0 Å². The minimum atomic E-state index is 0.325. The SMILES string of the molecule is COc1cccc(CN2CCC(c3nnc(-c4ccc(C)s4)o3)CC2)c1OC. The minimum Gasteiger partial charge on any atom is -0.493 e. The standard InChI is InChI=1S/C21H25N3O3S/c1-14-7-8-18(28-14)21-23-22-20(27-21)15-9-11-24(12-10-15)13-16-5-4-6-17(25-2)19(16)26-3/h4-8,15H,9-13H2,1-3H3. The van der Waals surface area contributed by atoms with Crippen molar-refractivity contribution in [2.45, 2.75) is 32.2 Å². The quantitative estimate of drug-likeness (QED) is 0.608. The summed E-state index contributed by atoms with van der Waals surface area (Å²) < 4.78 is 16.9. The number of hydrogen-bond donors (Lipinski definition) is 0. The van der Waals surface area contributed by atoms with Crippen molar-refractivity contribution in [1.29, 1.82) is 0 Å². The van der Waals surface area contributed by atoms with Crippen LogP contribution in [0.15, 0.2) is 34.7 Å². The largest absolute Gasteiger partial charge is 0.493 e. The van der Waals surface area contributed by atoms with Crippen molar-refractivity contribution in [3.8, 4) is 22.3 Å². The molecule has 0 amide bonds. The van der Waals surface area contributed by atoms with E-state index in [-0.39, 0.29) is 0 Å². The zero-order valence-electron chi connectivity index (χ0n) is 16.5. The topological polar surface area (TPSA) is 60.6 Å². The number of hydrogen-bond acceptors (Lipinski definition) is 7. The molecular formula is C21H25N3O3S. The molecule has 4 rings (SSSR count). The summed E-state index contributed by atoms with van der Waals surface area (Å²) in [7, 11) is 3.36. The Labute approximate surface area is 169 Å². The molecule has 0 spiro atoms. The van der Waals surface area contributed by atoms with Gasteiger partial charge in [-0.25, -0.2) is 0 Å². The first-order valence-electron chi connectivity index (χ1n) is 9.50. The fourth-order valence-electron chi connectivity index (χ4n) is 3.71. The maximum atomic E-state index is 5.98. The number of nitrogens with zero attached hydrogens (tertiary/aromatic N) is 3. The van der Waals surface area contributed by atoms with Crippen molar-refractivity contribution in [3.05, 3.63) is 46.7 Å². The van der Waals surface area contributed by atoms with Crippen LogP contribution in [0.2, 0.25) is 0 Å². The monoisotopic (exact) mass is 399 g/mol. The van der Waals surface area contributed by atoms with E-state index >= 15 is 0 Å². The van der Waals surface area contributed by atoms with Crippen molar-refractivity contribution in [1.82, 2.24) is 15.1 Å². The van der Waals surface area contributed by atoms with Crippen molar-refractivity contribution in [2.24, 2.45) is 0 Å². The Morgan fingerprint density at radius 2 is 1.93 bits per heavy atom. The number of aromatic nitrogens is 2. The Hall–Kier alpha value is -2.38. The Bertz CT molecular complexity index is 929. The maximum absolute atomic E-state index is 5.98. The van der Waals surface area contributed by atoms with Gasteiger partial charge in [-0.3, -0.25) is 4.90 Å². The number of aryl methyl sites for hydroxylation is 1. The molecule has 0 atom stereocenters. The zero-order chi connectivity index (χ0) is 19.5. The number of methoxy groups -OCH3 is 2. The normalized spacial score (nSPS) is 15.7. The summed E-state index contributed by atoms with van der Waals surface area (Å²) in [5, 5.41) is 8.57. The average Bonchev–Trinajstić information content (AvgIpc) is 3.37. The van der Waals surface area contributed by atoms with E-state index in [2.05, 4.69) is 34.2 Å². The smallest absolute Gasteiger partial charge is 0.257 e. The molecule has 1 saturated heterocycles. The number of para-hydroxylation sites is 1. The summed E-state index contributed by atoms with van der Waals surface area (Å²) in [5.74, 6) is 3.32. The second kappa shape index (κ2) is 8.32. The van der Waals surface area contributed by atoms with E-state index in [1.807, 2.05) is 18.2 Å². The predicted octanol–water partition coefficient (Wildman–Crippen LogP) is 4.50. The van der Waals surface area contributed by atoms with Gasteiger partial charge in [0.05, 0.1) is 19.1 Å². The van der Waals surface area contributed by atoms with E-state index in [1.165, 1.54) is 4.88 Å². The molecule has 6 nitrogen and oxygen atoms in total. The van der Waals surface area contributed by atoms with Crippen LogP contribution in [0.25, 0.3) is 10.8 Å². The summed E-state index contributed by atoms with van der Waals surface area (Å²) in [6.45, 7) is 4.90. The van der Waals surface area contributed by atoms with Crippen LogP contribution in [0.3, 0.4) is 0 Å². The summed E-state index contributed by atoms with van der Waals surface area (Å²) in [4.78, 5) is 4.73. The summed E-state index contributed by atoms with van der Waals surface area (Å²) >= 11 is 1.68. The predicted molar refractivity (Wildman–Crippen MR) is 109 cm³/mol. The highest BCUT2D eigenvalue weighted by Gasteiger charge is 2.26. The second-order valence-corrected chi connectivity index (χ2v) is 8.35. The molecule has 7 heteroatoms. The molecule has 0 aliphatic carbocycles. The highest BCUT2D eigenvalue weighted by molar-refractivity contribution is 7.15. The van der Waals surface area contributed by atoms with Crippen LogP contribution >= 0.6 is 11.3 Å². The number of ether oxygens (including phenoxy) is 2. The molecule has 2 aromatic heterocycles. The molecule has 1 aliphatic heterocycles. The number of benzene rings is 1. The summed E-state index contributed by atoms with van der Waals surface area (Å²) in [6, 6.07) is 10.2. The fraction of sp³-hybridized carbons (Fsp3) is 0.429. The highest BCUT2D eigenvalue weighted by Crippen LogP contribution is 2.34. The van der Waals surface area contributed by atoms with Crippen LogP contribution in [0.5, 0.6) is 11.5 Å². The Balaban J connectivity index is 1.38. The number of rotatable bonds is 6. The van der Waals surface area contributed by atoms with Gasteiger partial charge in [0.2, 0.25) is 5.89 Å². The van der Waals surface area contributed by atoms with Crippen molar-refractivity contribution in [3.63, 3.8) is 0 Å². The molecule has 0 saturated carbocycles. The van der Waals surface area contributed by atoms with Gasteiger partial charge in [-0.05, 0) is 51.1 Å². The van der Waals surface area contributed by atoms with E-state index < -0.39 is 0 Å². The molecule has 1 aliphatic rings. The van der Waals surface area contributed by atoms with Crippen molar-refractivity contribution in [2.75, 3.05) is 27.3 Å². The van der Waals surface area contributed by atoms with Crippen LogP contribution in [-0.2, 0) is 6.54 Å². The lowest BCUT2D eigenvalue weighted by Crippen LogP contribution is -2.32. The zero-order valence-corrected chi connectivity index (χ0v) is 17.3. The van der Waals surface area contributed by atoms with Gasteiger partial charge in [0.25, 0.3) is 5.89 Å². The van der Waals surface area contributed by atoms with Crippen molar-refractivity contribution < 1.29 is 13.9 Å².